The lowest BCUT2D eigenvalue weighted by molar-refractivity contribution is -0.120. The van der Waals surface area contributed by atoms with Gasteiger partial charge >= 0.3 is 0 Å². The van der Waals surface area contributed by atoms with Gasteiger partial charge in [0.05, 0.1) is 0 Å². The van der Waals surface area contributed by atoms with E-state index in [1.165, 1.54) is 16.8 Å². The highest BCUT2D eigenvalue weighted by Gasteiger charge is 2.18. The van der Waals surface area contributed by atoms with Gasteiger partial charge in [-0.1, -0.05) is 18.2 Å². The minimum absolute atomic E-state index is 0.175. The second-order valence-corrected chi connectivity index (χ2v) is 5.00. The average Bonchev–Trinajstić information content (AvgIpc) is 2.76. The number of hydrogen-bond acceptors (Lipinski definition) is 3. The molecule has 0 spiro atoms. The van der Waals surface area contributed by atoms with Gasteiger partial charge in [-0.3, -0.25) is 9.69 Å². The molecule has 3 rings (SSSR count). The summed E-state index contributed by atoms with van der Waals surface area (Å²) in [6.07, 6.45) is 1.74. The predicted octanol–water partition coefficient (Wildman–Crippen LogP) is 0.976. The molecule has 0 aromatic heterocycles. The molecule has 2 aliphatic heterocycles. The average molecular weight is 245 g/mol. The van der Waals surface area contributed by atoms with Crippen LogP contribution in [0.15, 0.2) is 18.2 Å². The quantitative estimate of drug-likeness (QED) is 0.816. The van der Waals surface area contributed by atoms with Crippen molar-refractivity contribution in [2.45, 2.75) is 19.4 Å². The zero-order valence-electron chi connectivity index (χ0n) is 10.5. The number of nitrogens with one attached hydrogen (secondary N) is 2. The molecule has 0 atom stereocenters. The number of hydrogen-bond donors (Lipinski definition) is 2. The van der Waals surface area contributed by atoms with Gasteiger partial charge in [0, 0.05) is 44.8 Å². The lowest BCUT2D eigenvalue weighted by atomic mass is 10.1. The highest BCUT2D eigenvalue weighted by atomic mass is 16.1. The molecule has 4 nitrogen and oxygen atoms in total. The Balaban J connectivity index is 1.72. The van der Waals surface area contributed by atoms with Gasteiger partial charge in [-0.15, -0.1) is 0 Å². The summed E-state index contributed by atoms with van der Waals surface area (Å²) >= 11 is 0. The lowest BCUT2D eigenvalue weighted by Crippen LogP contribution is -2.28. The predicted molar refractivity (Wildman–Crippen MR) is 71.5 cm³/mol. The summed E-state index contributed by atoms with van der Waals surface area (Å²) in [5.74, 6) is 0.175. The minimum Gasteiger partial charge on any atom is -0.384 e. The van der Waals surface area contributed by atoms with Gasteiger partial charge in [-0.25, -0.2) is 0 Å². The summed E-state index contributed by atoms with van der Waals surface area (Å²) in [5.41, 5.74) is 4.11. The van der Waals surface area contributed by atoms with Crippen molar-refractivity contribution >= 4 is 11.6 Å². The van der Waals surface area contributed by atoms with Crippen LogP contribution >= 0.6 is 0 Å². The van der Waals surface area contributed by atoms with E-state index >= 15 is 0 Å². The Morgan fingerprint density at radius 3 is 3.00 bits per heavy atom. The third-order valence-corrected chi connectivity index (χ3v) is 3.73. The van der Waals surface area contributed by atoms with E-state index in [4.69, 9.17) is 0 Å². The number of carbonyl (C=O) groups is 1. The van der Waals surface area contributed by atoms with Crippen LogP contribution in [0.3, 0.4) is 0 Å². The first-order chi connectivity index (χ1) is 8.83. The molecule has 0 radical (unpaired) electrons. The Bertz CT molecular complexity index is 458. The van der Waals surface area contributed by atoms with Crippen molar-refractivity contribution in [3.63, 3.8) is 0 Å². The molecule has 2 N–H and O–H groups in total. The number of benzene rings is 1. The third kappa shape index (κ3) is 2.34. The molecule has 0 aliphatic carbocycles. The first-order valence-electron chi connectivity index (χ1n) is 6.66. The van der Waals surface area contributed by atoms with Gasteiger partial charge in [-0.2, -0.15) is 0 Å². The number of rotatable bonds is 2. The van der Waals surface area contributed by atoms with Crippen molar-refractivity contribution in [2.24, 2.45) is 0 Å². The van der Waals surface area contributed by atoms with Gasteiger partial charge in [0.15, 0.2) is 0 Å². The van der Waals surface area contributed by atoms with Crippen LogP contribution in [0.4, 0.5) is 5.69 Å². The van der Waals surface area contributed by atoms with Crippen LogP contribution in [-0.4, -0.2) is 37.0 Å². The summed E-state index contributed by atoms with van der Waals surface area (Å²) < 4.78 is 0. The summed E-state index contributed by atoms with van der Waals surface area (Å²) in [5, 5.41) is 6.39. The van der Waals surface area contributed by atoms with E-state index in [1.807, 2.05) is 0 Å². The monoisotopic (exact) mass is 245 g/mol. The van der Waals surface area contributed by atoms with E-state index in [0.29, 0.717) is 6.42 Å². The first kappa shape index (κ1) is 11.5. The van der Waals surface area contributed by atoms with Crippen LogP contribution in [0.5, 0.6) is 0 Å². The van der Waals surface area contributed by atoms with Crippen LogP contribution in [0, 0.1) is 0 Å². The summed E-state index contributed by atoms with van der Waals surface area (Å²) in [6.45, 7) is 4.55. The largest absolute Gasteiger partial charge is 0.384 e. The molecule has 2 aliphatic rings. The highest BCUT2D eigenvalue weighted by Crippen LogP contribution is 2.27. The minimum atomic E-state index is 0.175. The van der Waals surface area contributed by atoms with Crippen LogP contribution < -0.4 is 10.6 Å². The summed E-state index contributed by atoms with van der Waals surface area (Å²) in [6, 6.07) is 6.53. The number of amides is 1. The van der Waals surface area contributed by atoms with E-state index < -0.39 is 0 Å². The number of fused-ring (bicyclic) bond motifs is 1. The van der Waals surface area contributed by atoms with Crippen molar-refractivity contribution < 1.29 is 4.79 Å². The van der Waals surface area contributed by atoms with Crippen molar-refractivity contribution in [1.82, 2.24) is 10.2 Å². The normalized spacial score (nSPS) is 19.9. The van der Waals surface area contributed by atoms with Gasteiger partial charge < -0.3 is 10.6 Å². The van der Waals surface area contributed by atoms with Gasteiger partial charge in [0.1, 0.15) is 0 Å². The molecule has 1 amide bonds. The lowest BCUT2D eigenvalue weighted by Gasteiger charge is -2.20. The van der Waals surface area contributed by atoms with E-state index in [2.05, 4.69) is 33.7 Å². The maximum absolute atomic E-state index is 11.3. The molecule has 0 bridgehead atoms. The van der Waals surface area contributed by atoms with Gasteiger partial charge in [0.25, 0.3) is 0 Å². The topological polar surface area (TPSA) is 44.4 Å². The Morgan fingerprint density at radius 2 is 2.06 bits per heavy atom. The van der Waals surface area contributed by atoms with Gasteiger partial charge in [-0.05, 0) is 17.5 Å². The van der Waals surface area contributed by atoms with Crippen molar-refractivity contribution in [2.75, 3.05) is 31.5 Å². The van der Waals surface area contributed by atoms with E-state index in [-0.39, 0.29) is 5.91 Å². The Kier molecular flexibility index (Phi) is 3.19. The molecule has 1 saturated heterocycles. The SMILES string of the molecule is O=C1CCN(Cc2cccc3c2NCC3)CCN1. The Morgan fingerprint density at radius 1 is 1.11 bits per heavy atom. The van der Waals surface area contributed by atoms with E-state index in [9.17, 15) is 4.79 Å². The molecule has 1 aromatic rings. The fourth-order valence-corrected chi connectivity index (χ4v) is 2.75. The fraction of sp³-hybridized carbons (Fsp3) is 0.500. The maximum Gasteiger partial charge on any atom is 0.221 e. The molecule has 0 saturated carbocycles. The zero-order chi connectivity index (χ0) is 12.4. The van der Waals surface area contributed by atoms with E-state index in [0.717, 1.165) is 39.1 Å². The zero-order valence-corrected chi connectivity index (χ0v) is 10.5. The first-order valence-corrected chi connectivity index (χ1v) is 6.66. The molecule has 1 fully saturated rings. The number of nitrogens with zero attached hydrogens (tertiary/aromatic N) is 1. The molecule has 4 heteroatoms. The van der Waals surface area contributed by atoms with Crippen molar-refractivity contribution in [3.05, 3.63) is 29.3 Å². The molecule has 2 heterocycles. The van der Waals surface area contributed by atoms with Crippen LogP contribution in [0.1, 0.15) is 17.5 Å². The van der Waals surface area contributed by atoms with E-state index in [1.54, 1.807) is 0 Å². The second kappa shape index (κ2) is 4.98. The highest BCUT2D eigenvalue weighted by molar-refractivity contribution is 5.76. The molecule has 1 aromatic carbocycles. The number of anilines is 1. The maximum atomic E-state index is 11.3. The molecular weight excluding hydrogens is 226 g/mol. The second-order valence-electron chi connectivity index (χ2n) is 5.00. The molecule has 0 unspecified atom stereocenters. The number of carbonyl (C=O) groups excluding carboxylic acids is 1. The molecular formula is C14H19N3O. The molecule has 18 heavy (non-hydrogen) atoms. The van der Waals surface area contributed by atoms with Crippen LogP contribution in [-0.2, 0) is 17.8 Å². The summed E-state index contributed by atoms with van der Waals surface area (Å²) in [4.78, 5) is 13.7. The smallest absolute Gasteiger partial charge is 0.221 e. The standard InChI is InChI=1S/C14H19N3O/c18-13-5-8-17(9-7-15-13)10-12-3-1-2-11-4-6-16-14(11)12/h1-3,16H,4-10H2,(H,15,18). The fourth-order valence-electron chi connectivity index (χ4n) is 2.75. The van der Waals surface area contributed by atoms with Crippen molar-refractivity contribution in [1.29, 1.82) is 0 Å². The third-order valence-electron chi connectivity index (χ3n) is 3.73. The Labute approximate surface area is 107 Å². The van der Waals surface area contributed by atoms with Crippen molar-refractivity contribution in [3.8, 4) is 0 Å². The van der Waals surface area contributed by atoms with Crippen LogP contribution in [0.25, 0.3) is 0 Å². The Hall–Kier alpha value is -1.55. The summed E-state index contributed by atoms with van der Waals surface area (Å²) in [7, 11) is 0. The molecule has 96 valence electrons. The number of para-hydroxylation sites is 1. The van der Waals surface area contributed by atoms with Crippen LogP contribution in [0.2, 0.25) is 0 Å². The van der Waals surface area contributed by atoms with Gasteiger partial charge in [0.2, 0.25) is 5.91 Å².